The van der Waals surface area contributed by atoms with Crippen LogP contribution in [-0.2, 0) is 17.1 Å². The molecule has 0 aromatic carbocycles. The van der Waals surface area contributed by atoms with E-state index in [1.807, 2.05) is 29.1 Å². The molecule has 3 heterocycles. The summed E-state index contributed by atoms with van der Waals surface area (Å²) in [4.78, 5) is 14.4. The van der Waals surface area contributed by atoms with E-state index in [1.54, 1.807) is 16.6 Å². The van der Waals surface area contributed by atoms with Gasteiger partial charge >= 0.3 is 0 Å². The molecule has 2 aliphatic rings. The van der Waals surface area contributed by atoms with Crippen molar-refractivity contribution in [2.45, 2.75) is 37.0 Å². The van der Waals surface area contributed by atoms with Crippen molar-refractivity contribution in [3.63, 3.8) is 0 Å². The van der Waals surface area contributed by atoms with E-state index in [-0.39, 0.29) is 25.0 Å². The van der Waals surface area contributed by atoms with Gasteiger partial charge in [-0.15, -0.1) is 0 Å². The zero-order valence-corrected chi connectivity index (χ0v) is 15.5. The van der Waals surface area contributed by atoms with Crippen LogP contribution in [0.15, 0.2) is 30.7 Å². The first kappa shape index (κ1) is 17.3. The third kappa shape index (κ3) is 3.05. The van der Waals surface area contributed by atoms with Gasteiger partial charge in [0.05, 0.1) is 6.20 Å². The Kier molecular flexibility index (Phi) is 4.36. The van der Waals surface area contributed by atoms with E-state index in [0.717, 1.165) is 25.7 Å². The lowest BCUT2D eigenvalue weighted by Gasteiger charge is -2.39. The van der Waals surface area contributed by atoms with E-state index >= 15 is 0 Å². The van der Waals surface area contributed by atoms with E-state index < -0.39 is 15.3 Å². The maximum atomic E-state index is 12.8. The molecule has 0 atom stereocenters. The van der Waals surface area contributed by atoms with Crippen LogP contribution < -0.4 is 4.72 Å². The van der Waals surface area contributed by atoms with Gasteiger partial charge in [0.1, 0.15) is 16.6 Å². The molecule has 1 N–H and O–H groups in total. The summed E-state index contributed by atoms with van der Waals surface area (Å²) < 4.78 is 31.2. The van der Waals surface area contributed by atoms with Gasteiger partial charge in [-0.2, -0.15) is 5.10 Å². The Morgan fingerprint density at radius 3 is 2.50 bits per heavy atom. The highest BCUT2D eigenvalue weighted by Crippen LogP contribution is 2.24. The zero-order valence-electron chi connectivity index (χ0n) is 14.7. The molecule has 0 radical (unpaired) electrons. The van der Waals surface area contributed by atoms with Gasteiger partial charge in [0.25, 0.3) is 5.91 Å². The molecule has 1 aliphatic heterocycles. The van der Waals surface area contributed by atoms with E-state index in [9.17, 15) is 13.2 Å². The molecule has 2 aromatic heterocycles. The summed E-state index contributed by atoms with van der Waals surface area (Å²) >= 11 is 0. The van der Waals surface area contributed by atoms with Gasteiger partial charge in [0.15, 0.2) is 0 Å². The molecule has 140 valence electrons. The minimum Gasteiger partial charge on any atom is -0.336 e. The highest BCUT2D eigenvalue weighted by molar-refractivity contribution is 7.90. The summed E-state index contributed by atoms with van der Waals surface area (Å²) in [5.74, 6) is 0.490. The Hall–Kier alpha value is -2.13. The van der Waals surface area contributed by atoms with Gasteiger partial charge in [0.2, 0.25) is 10.0 Å². The first-order valence-electron chi connectivity index (χ1n) is 8.91. The van der Waals surface area contributed by atoms with Crippen molar-refractivity contribution in [3.8, 4) is 5.82 Å². The van der Waals surface area contributed by atoms with Crippen LogP contribution in [0, 0.1) is 0 Å². The van der Waals surface area contributed by atoms with Crippen molar-refractivity contribution in [3.05, 3.63) is 36.3 Å². The quantitative estimate of drug-likeness (QED) is 0.838. The van der Waals surface area contributed by atoms with Gasteiger partial charge in [-0.25, -0.2) is 13.1 Å². The summed E-state index contributed by atoms with van der Waals surface area (Å²) in [5, 5.41) is 3.66. The smallest absolute Gasteiger partial charge is 0.259 e. The van der Waals surface area contributed by atoms with Crippen molar-refractivity contribution < 1.29 is 13.2 Å². The first-order chi connectivity index (χ1) is 12.5. The summed E-state index contributed by atoms with van der Waals surface area (Å²) in [6.45, 7) is 0.446. The molecule has 26 heavy (non-hydrogen) atoms. The van der Waals surface area contributed by atoms with Crippen molar-refractivity contribution in [2.75, 3.05) is 13.1 Å². The maximum Gasteiger partial charge on any atom is 0.259 e. The molecule has 4 rings (SSSR count). The predicted octanol–water partition coefficient (Wildman–Crippen LogP) is 0.897. The van der Waals surface area contributed by atoms with E-state index in [2.05, 4.69) is 9.82 Å². The fraction of sp³-hybridized carbons (Fsp3) is 0.529. The summed E-state index contributed by atoms with van der Waals surface area (Å²) in [6.07, 6.45) is 9.20. The summed E-state index contributed by atoms with van der Waals surface area (Å²) in [6, 6.07) is 3.81. The van der Waals surface area contributed by atoms with Crippen molar-refractivity contribution in [1.82, 2.24) is 24.0 Å². The Morgan fingerprint density at radius 2 is 1.85 bits per heavy atom. The molecule has 0 bridgehead atoms. The lowest BCUT2D eigenvalue weighted by atomic mass is 10.1. The normalized spacial score (nSPS) is 19.0. The minimum absolute atomic E-state index is 0.0587. The topological polar surface area (TPSA) is 89.2 Å². The number of hydrogen-bond donors (Lipinski definition) is 1. The Labute approximate surface area is 152 Å². The third-order valence-electron chi connectivity index (χ3n) is 5.25. The highest BCUT2D eigenvalue weighted by Gasteiger charge is 2.41. The van der Waals surface area contributed by atoms with Crippen molar-refractivity contribution in [1.29, 1.82) is 0 Å². The molecule has 1 amide bonds. The number of hydrogen-bond acceptors (Lipinski definition) is 4. The maximum absolute atomic E-state index is 12.8. The predicted molar refractivity (Wildman–Crippen MR) is 96.5 cm³/mol. The molecular weight excluding hydrogens is 354 g/mol. The van der Waals surface area contributed by atoms with E-state index in [1.165, 1.54) is 6.20 Å². The molecule has 0 spiro atoms. The first-order valence-corrected chi connectivity index (χ1v) is 10.5. The van der Waals surface area contributed by atoms with Crippen LogP contribution in [0.2, 0.25) is 0 Å². The number of amides is 1. The Bertz CT molecular complexity index is 891. The van der Waals surface area contributed by atoms with Crippen LogP contribution in [0.4, 0.5) is 0 Å². The molecule has 1 saturated carbocycles. The average molecular weight is 377 g/mol. The second kappa shape index (κ2) is 6.55. The van der Waals surface area contributed by atoms with E-state index in [0.29, 0.717) is 11.4 Å². The summed E-state index contributed by atoms with van der Waals surface area (Å²) in [7, 11) is -1.59. The fourth-order valence-electron chi connectivity index (χ4n) is 3.71. The number of aryl methyl sites for hydroxylation is 1. The van der Waals surface area contributed by atoms with E-state index in [4.69, 9.17) is 0 Å². The number of sulfonamides is 1. The number of carbonyl (C=O) groups excluding carboxylic acids is 1. The lowest BCUT2D eigenvalue weighted by molar-refractivity contribution is 0.0658. The monoisotopic (exact) mass is 377 g/mol. The van der Waals surface area contributed by atoms with Gasteiger partial charge in [-0.3, -0.25) is 9.48 Å². The van der Waals surface area contributed by atoms with Crippen LogP contribution in [0.25, 0.3) is 5.82 Å². The largest absolute Gasteiger partial charge is 0.336 e. The molecule has 9 heteroatoms. The Morgan fingerprint density at radius 1 is 1.19 bits per heavy atom. The number of nitrogens with zero attached hydrogens (tertiary/aromatic N) is 4. The minimum atomic E-state index is -3.37. The summed E-state index contributed by atoms with van der Waals surface area (Å²) in [5.41, 5.74) is 0.475. The molecule has 0 unspecified atom stereocenters. The van der Waals surface area contributed by atoms with Gasteiger partial charge in [0, 0.05) is 38.6 Å². The van der Waals surface area contributed by atoms with Gasteiger partial charge in [-0.05, 0) is 25.0 Å². The number of likely N-dealkylation sites (tertiary alicyclic amines) is 1. The van der Waals surface area contributed by atoms with Crippen LogP contribution >= 0.6 is 0 Å². The highest BCUT2D eigenvalue weighted by atomic mass is 32.2. The zero-order chi connectivity index (χ0) is 18.3. The second-order valence-corrected chi connectivity index (χ2v) is 9.06. The van der Waals surface area contributed by atoms with Crippen LogP contribution in [0.1, 0.15) is 36.0 Å². The van der Waals surface area contributed by atoms with Crippen LogP contribution in [0.3, 0.4) is 0 Å². The third-order valence-corrected chi connectivity index (χ3v) is 7.08. The number of carbonyl (C=O) groups is 1. The standard InChI is InChI=1S/C17H23N5O3S/c1-20-16(21-8-4-5-9-21)15(10-18-20)17(23)22-11-14(12-22)26(24,25)19-13-6-2-3-7-13/h4-5,8-10,13-14,19H,2-3,6-7,11-12H2,1H3. The molecule has 2 fully saturated rings. The van der Waals surface area contributed by atoms with Crippen molar-refractivity contribution >= 4 is 15.9 Å². The SMILES string of the molecule is Cn1ncc(C(=O)N2CC(S(=O)(=O)NC3CCCC3)C2)c1-n1cccc1. The number of rotatable bonds is 5. The lowest BCUT2D eigenvalue weighted by Crippen LogP contribution is -2.60. The number of aromatic nitrogens is 3. The van der Waals surface area contributed by atoms with Crippen molar-refractivity contribution in [2.24, 2.45) is 7.05 Å². The molecule has 1 saturated heterocycles. The van der Waals surface area contributed by atoms with Crippen LogP contribution in [-0.4, -0.2) is 58.0 Å². The Balaban J connectivity index is 1.44. The fourth-order valence-corrected chi connectivity index (χ4v) is 5.35. The van der Waals surface area contributed by atoms with Gasteiger partial charge in [-0.1, -0.05) is 12.8 Å². The van der Waals surface area contributed by atoms with Crippen LogP contribution in [0.5, 0.6) is 0 Å². The van der Waals surface area contributed by atoms with Gasteiger partial charge < -0.3 is 9.47 Å². The molecule has 2 aromatic rings. The second-order valence-electron chi connectivity index (χ2n) is 7.07. The molecular formula is C17H23N5O3S. The number of nitrogens with one attached hydrogen (secondary N) is 1. The molecule has 8 nitrogen and oxygen atoms in total. The average Bonchev–Trinajstić information content (AvgIpc) is 3.25. The molecule has 1 aliphatic carbocycles.